The van der Waals surface area contributed by atoms with E-state index < -0.39 is 8.24 Å². The number of hydrogen-bond donors (Lipinski definition) is 0. The third-order valence-electron chi connectivity index (χ3n) is 2.94. The van der Waals surface area contributed by atoms with Crippen LogP contribution in [0.25, 0.3) is 0 Å². The van der Waals surface area contributed by atoms with Crippen molar-refractivity contribution in [2.24, 2.45) is 0 Å². The van der Waals surface area contributed by atoms with Crippen LogP contribution < -0.4 is 0 Å². The van der Waals surface area contributed by atoms with Crippen LogP contribution in [0.15, 0.2) is 11.8 Å². The van der Waals surface area contributed by atoms with Crippen LogP contribution in [0, 0.1) is 0 Å². The maximum Gasteiger partial charge on any atom is 0.185 e. The lowest BCUT2D eigenvalue weighted by molar-refractivity contribution is 0.338. The molecular formula is C11H21NOSSi. The van der Waals surface area contributed by atoms with E-state index in [1.807, 2.05) is 13.0 Å². The second kappa shape index (κ2) is 5.12. The highest BCUT2D eigenvalue weighted by molar-refractivity contribution is 7.80. The molecule has 0 bridgehead atoms. The highest BCUT2D eigenvalue weighted by atomic mass is 32.1. The fraction of sp³-hybridized carbons (Fsp3) is 0.727. The summed E-state index contributed by atoms with van der Waals surface area (Å²) in [6.45, 7) is 10.8. The van der Waals surface area contributed by atoms with Crippen LogP contribution in [0.3, 0.4) is 0 Å². The van der Waals surface area contributed by atoms with Crippen LogP contribution in [0.4, 0.5) is 0 Å². The van der Waals surface area contributed by atoms with Gasteiger partial charge in [-0.25, -0.2) is 0 Å². The van der Waals surface area contributed by atoms with Gasteiger partial charge in [-0.2, -0.15) is 0 Å². The minimum absolute atomic E-state index is 0.617. The van der Waals surface area contributed by atoms with Gasteiger partial charge in [-0.3, -0.25) is 0 Å². The second-order valence-corrected chi connectivity index (χ2v) is 9.67. The molecule has 1 aliphatic rings. The third-order valence-corrected chi connectivity index (χ3v) is 6.79. The van der Waals surface area contributed by atoms with E-state index in [0.29, 0.717) is 11.7 Å². The molecule has 1 aliphatic heterocycles. The maximum atomic E-state index is 5.28. The second-order valence-electron chi connectivity index (χ2n) is 4.61. The van der Waals surface area contributed by atoms with Crippen molar-refractivity contribution in [3.8, 4) is 0 Å². The smallest absolute Gasteiger partial charge is 0.185 e. The van der Waals surface area contributed by atoms with E-state index in [0.717, 1.165) is 0 Å². The zero-order chi connectivity index (χ0) is 11.5. The summed E-state index contributed by atoms with van der Waals surface area (Å²) in [5, 5.41) is 0.617. The van der Waals surface area contributed by atoms with Crippen molar-refractivity contribution in [3.63, 3.8) is 0 Å². The van der Waals surface area contributed by atoms with Crippen molar-refractivity contribution in [2.75, 3.05) is 13.2 Å². The first-order valence-corrected chi connectivity index (χ1v) is 9.16. The summed E-state index contributed by atoms with van der Waals surface area (Å²) in [4.78, 5) is 0. The van der Waals surface area contributed by atoms with Crippen LogP contribution in [-0.2, 0) is 4.74 Å². The lowest BCUT2D eigenvalue weighted by Gasteiger charge is -2.32. The van der Waals surface area contributed by atoms with Gasteiger partial charge in [-0.05, 0) is 38.5 Å². The monoisotopic (exact) mass is 243 g/mol. The van der Waals surface area contributed by atoms with E-state index in [1.54, 1.807) is 0 Å². The normalized spacial score (nSPS) is 20.5. The molecule has 0 radical (unpaired) electrons. The van der Waals surface area contributed by atoms with Gasteiger partial charge >= 0.3 is 0 Å². The summed E-state index contributed by atoms with van der Waals surface area (Å²) in [5.74, 6) is 0. The number of allylic oxidation sites excluding steroid dienone is 1. The molecular weight excluding hydrogens is 222 g/mol. The number of thiocarbonyl (C=S) groups is 1. The molecule has 0 aromatic heterocycles. The van der Waals surface area contributed by atoms with Gasteiger partial charge in [0.05, 0.1) is 6.61 Å². The van der Waals surface area contributed by atoms with Gasteiger partial charge in [0.1, 0.15) is 8.24 Å². The fourth-order valence-corrected chi connectivity index (χ4v) is 5.56. The molecule has 0 unspecified atom stereocenters. The van der Waals surface area contributed by atoms with Crippen LogP contribution >= 0.6 is 12.2 Å². The number of nitrogens with zero attached hydrogens (tertiary/aromatic N) is 1. The van der Waals surface area contributed by atoms with E-state index >= 15 is 0 Å². The lowest BCUT2D eigenvalue weighted by Crippen LogP contribution is -2.41. The zero-order valence-electron chi connectivity index (χ0n) is 10.2. The summed E-state index contributed by atoms with van der Waals surface area (Å²) in [5.41, 5.74) is 1.28. The first-order valence-electron chi connectivity index (χ1n) is 5.60. The molecule has 0 amide bonds. The Morgan fingerprint density at radius 2 is 2.20 bits per heavy atom. The molecule has 0 spiro atoms. The lowest BCUT2D eigenvalue weighted by atomic mass is 10.4. The summed E-state index contributed by atoms with van der Waals surface area (Å²) >= 11 is 5.13. The molecule has 0 saturated carbocycles. The van der Waals surface area contributed by atoms with Crippen molar-refractivity contribution < 1.29 is 4.74 Å². The summed E-state index contributed by atoms with van der Waals surface area (Å²) in [6.07, 6.45) is 3.32. The quantitative estimate of drug-likeness (QED) is 0.429. The standard InChI is InChI=1S/C11H21NOSSi/c1-5-13-11(14)9-10(2)12-7-6-8-15(12,3)4/h9H,5-8H2,1-4H3. The Balaban J connectivity index is 2.67. The number of hydrogen-bond acceptors (Lipinski definition) is 3. The number of ether oxygens (including phenoxy) is 1. The van der Waals surface area contributed by atoms with Gasteiger partial charge in [0, 0.05) is 18.3 Å². The van der Waals surface area contributed by atoms with Crippen LogP contribution in [0.1, 0.15) is 20.3 Å². The van der Waals surface area contributed by atoms with Crippen LogP contribution in [0.2, 0.25) is 19.1 Å². The maximum absolute atomic E-state index is 5.28. The molecule has 4 heteroatoms. The van der Waals surface area contributed by atoms with E-state index in [-0.39, 0.29) is 0 Å². The SMILES string of the molecule is CCOC(=S)C=C(C)N1CCC[Si]1(C)C. The van der Waals surface area contributed by atoms with Crippen molar-refractivity contribution in [1.82, 2.24) is 4.57 Å². The van der Waals surface area contributed by atoms with Gasteiger partial charge < -0.3 is 9.30 Å². The third kappa shape index (κ3) is 3.31. The molecule has 0 aromatic rings. The Kier molecular flexibility index (Phi) is 4.34. The molecule has 1 rings (SSSR count). The highest BCUT2D eigenvalue weighted by Gasteiger charge is 2.34. The molecule has 1 heterocycles. The molecule has 86 valence electrons. The zero-order valence-corrected chi connectivity index (χ0v) is 12.0. The van der Waals surface area contributed by atoms with Crippen molar-refractivity contribution in [1.29, 1.82) is 0 Å². The molecule has 1 fully saturated rings. The Hall–Kier alpha value is -0.353. The number of rotatable bonds is 3. The van der Waals surface area contributed by atoms with Crippen molar-refractivity contribution in [2.45, 2.75) is 39.4 Å². The average Bonchev–Trinajstić information content (AvgIpc) is 2.45. The minimum Gasteiger partial charge on any atom is -0.484 e. The van der Waals surface area contributed by atoms with E-state index in [9.17, 15) is 0 Å². The van der Waals surface area contributed by atoms with Gasteiger partial charge in [0.15, 0.2) is 5.05 Å². The Bertz CT molecular complexity index is 276. The highest BCUT2D eigenvalue weighted by Crippen LogP contribution is 2.29. The first kappa shape index (κ1) is 12.7. The predicted octanol–water partition coefficient (Wildman–Crippen LogP) is 3.16. The topological polar surface area (TPSA) is 12.5 Å². The summed E-state index contributed by atoms with van der Waals surface area (Å²) in [7, 11) is -1.17. The van der Waals surface area contributed by atoms with Crippen LogP contribution in [-0.4, -0.2) is 31.0 Å². The first-order chi connectivity index (χ1) is 6.97. The summed E-state index contributed by atoms with van der Waals surface area (Å²) < 4.78 is 7.84. The molecule has 1 saturated heterocycles. The molecule has 2 nitrogen and oxygen atoms in total. The molecule has 0 atom stereocenters. The van der Waals surface area contributed by atoms with Crippen molar-refractivity contribution >= 4 is 25.5 Å². The average molecular weight is 243 g/mol. The minimum atomic E-state index is -1.17. The van der Waals surface area contributed by atoms with E-state index in [2.05, 4.69) is 24.6 Å². The Labute approximate surface area is 99.4 Å². The van der Waals surface area contributed by atoms with E-state index in [4.69, 9.17) is 17.0 Å². The molecule has 0 N–H and O–H groups in total. The largest absolute Gasteiger partial charge is 0.484 e. The van der Waals surface area contributed by atoms with Crippen molar-refractivity contribution in [3.05, 3.63) is 11.8 Å². The fourth-order valence-electron chi connectivity index (χ4n) is 2.19. The molecule has 0 aromatic carbocycles. The Morgan fingerprint density at radius 3 is 2.67 bits per heavy atom. The molecule has 15 heavy (non-hydrogen) atoms. The summed E-state index contributed by atoms with van der Waals surface area (Å²) in [6, 6.07) is 1.39. The van der Waals surface area contributed by atoms with Gasteiger partial charge in [0.25, 0.3) is 0 Å². The molecule has 0 aliphatic carbocycles. The Morgan fingerprint density at radius 1 is 1.53 bits per heavy atom. The van der Waals surface area contributed by atoms with E-state index in [1.165, 1.54) is 24.7 Å². The predicted molar refractivity (Wildman–Crippen MR) is 71.6 cm³/mol. The van der Waals surface area contributed by atoms with Gasteiger partial charge in [-0.1, -0.05) is 13.1 Å². The van der Waals surface area contributed by atoms with Crippen LogP contribution in [0.5, 0.6) is 0 Å². The van der Waals surface area contributed by atoms with Gasteiger partial charge in [0.2, 0.25) is 0 Å². The van der Waals surface area contributed by atoms with Gasteiger partial charge in [-0.15, -0.1) is 0 Å².